The lowest BCUT2D eigenvalue weighted by Gasteiger charge is -2.30. The molecule has 8 heteroatoms. The Kier molecular flexibility index (Phi) is 9.82. The minimum atomic E-state index is -0.557. The van der Waals surface area contributed by atoms with Crippen LogP contribution in [0.4, 0.5) is 0 Å². The van der Waals surface area contributed by atoms with Crippen molar-refractivity contribution < 1.29 is 14.3 Å². The molecule has 0 aliphatic carbocycles. The summed E-state index contributed by atoms with van der Waals surface area (Å²) in [7, 11) is 3.20. The molecule has 0 unspecified atom stereocenters. The molecule has 0 heterocycles. The number of nitrogens with one attached hydrogen (secondary N) is 1. The van der Waals surface area contributed by atoms with E-state index in [-0.39, 0.29) is 24.1 Å². The van der Waals surface area contributed by atoms with Gasteiger partial charge in [-0.3, -0.25) is 9.59 Å². The molecular weight excluding hydrogens is 443 g/mol. The van der Waals surface area contributed by atoms with Crippen molar-refractivity contribution in [2.45, 2.75) is 31.7 Å². The lowest BCUT2D eigenvalue weighted by Crippen LogP contribution is -2.48. The van der Waals surface area contributed by atoms with Crippen molar-refractivity contribution in [3.63, 3.8) is 0 Å². The molecule has 0 aromatic heterocycles. The summed E-state index contributed by atoms with van der Waals surface area (Å²) in [5.41, 5.74) is 1.92. The molecule has 2 rings (SSSR count). The molecule has 5 nitrogen and oxygen atoms in total. The maximum atomic E-state index is 13.1. The summed E-state index contributed by atoms with van der Waals surface area (Å²) in [5.74, 6) is 1.46. The second-order valence-corrected chi connectivity index (χ2v) is 8.45. The van der Waals surface area contributed by atoms with Gasteiger partial charge in [0.05, 0.1) is 22.9 Å². The Morgan fingerprint density at radius 1 is 1.10 bits per heavy atom. The highest BCUT2D eigenvalue weighted by atomic mass is 35.5. The average molecular weight is 469 g/mol. The molecule has 0 radical (unpaired) electrons. The molecule has 0 aliphatic heterocycles. The number of likely N-dealkylation sites (N-methyl/N-ethyl adjacent to an activating group) is 1. The largest absolute Gasteiger partial charge is 0.497 e. The fourth-order valence-corrected chi connectivity index (χ4v) is 4.17. The zero-order valence-corrected chi connectivity index (χ0v) is 19.6. The van der Waals surface area contributed by atoms with Crippen LogP contribution in [-0.4, -0.2) is 42.7 Å². The number of carbonyl (C=O) groups excluding carboxylic acids is 2. The van der Waals surface area contributed by atoms with Crippen molar-refractivity contribution in [3.8, 4) is 5.75 Å². The van der Waals surface area contributed by atoms with Crippen LogP contribution >= 0.6 is 35.0 Å². The van der Waals surface area contributed by atoms with Crippen LogP contribution in [0.5, 0.6) is 5.75 Å². The standard InChI is InChI=1S/C22H26Cl2N2O3S/c1-4-20(22(28)25-2)26(12-16-7-10-18(23)19(24)11-16)21(27)14-30-13-15-5-8-17(29-3)9-6-15/h5-11,20H,4,12-14H2,1-3H3,(H,25,28)/t20-/m0/s1. The third kappa shape index (κ3) is 6.83. The first-order chi connectivity index (χ1) is 14.4. The summed E-state index contributed by atoms with van der Waals surface area (Å²) < 4.78 is 5.16. The van der Waals surface area contributed by atoms with Gasteiger partial charge in [0.15, 0.2) is 0 Å². The van der Waals surface area contributed by atoms with Gasteiger partial charge < -0.3 is 15.0 Å². The Morgan fingerprint density at radius 3 is 2.33 bits per heavy atom. The van der Waals surface area contributed by atoms with Crippen LogP contribution in [0, 0.1) is 0 Å². The van der Waals surface area contributed by atoms with E-state index in [0.717, 1.165) is 16.9 Å². The molecule has 0 bridgehead atoms. The number of benzene rings is 2. The zero-order chi connectivity index (χ0) is 22.1. The summed E-state index contributed by atoms with van der Waals surface area (Å²) in [5, 5.41) is 3.52. The van der Waals surface area contributed by atoms with Gasteiger partial charge in [-0.05, 0) is 41.8 Å². The van der Waals surface area contributed by atoms with Crippen LogP contribution in [0.15, 0.2) is 42.5 Å². The summed E-state index contributed by atoms with van der Waals surface area (Å²) in [4.78, 5) is 27.1. The van der Waals surface area contributed by atoms with E-state index in [1.54, 1.807) is 31.2 Å². The zero-order valence-electron chi connectivity index (χ0n) is 17.3. The number of halogens is 2. The quantitative estimate of drug-likeness (QED) is 0.544. The van der Waals surface area contributed by atoms with Crippen LogP contribution in [0.3, 0.4) is 0 Å². The second-order valence-electron chi connectivity index (χ2n) is 6.65. The number of carbonyl (C=O) groups is 2. The molecule has 1 atom stereocenters. The number of ether oxygens (including phenoxy) is 1. The molecule has 2 aromatic rings. The molecule has 0 aliphatic rings. The molecular formula is C22H26Cl2N2O3S. The Bertz CT molecular complexity index is 862. The first kappa shape index (κ1) is 24.4. The molecule has 162 valence electrons. The summed E-state index contributed by atoms with van der Waals surface area (Å²) in [6.45, 7) is 2.17. The maximum Gasteiger partial charge on any atom is 0.242 e. The van der Waals surface area contributed by atoms with E-state index in [2.05, 4.69) is 5.32 Å². The lowest BCUT2D eigenvalue weighted by molar-refractivity contribution is -0.139. The van der Waals surface area contributed by atoms with Crippen LogP contribution < -0.4 is 10.1 Å². The maximum absolute atomic E-state index is 13.1. The van der Waals surface area contributed by atoms with Crippen molar-refractivity contribution in [3.05, 3.63) is 63.6 Å². The van der Waals surface area contributed by atoms with E-state index in [0.29, 0.717) is 22.2 Å². The predicted molar refractivity (Wildman–Crippen MR) is 124 cm³/mol. The van der Waals surface area contributed by atoms with Crippen molar-refractivity contribution in [2.75, 3.05) is 19.9 Å². The molecule has 1 N–H and O–H groups in total. The van der Waals surface area contributed by atoms with Gasteiger partial charge in [-0.15, -0.1) is 11.8 Å². The predicted octanol–water partition coefficient (Wildman–Crippen LogP) is 4.79. The van der Waals surface area contributed by atoms with Crippen LogP contribution in [0.25, 0.3) is 0 Å². The number of amides is 2. The second kappa shape index (κ2) is 12.1. The van der Waals surface area contributed by atoms with E-state index in [1.165, 1.54) is 11.8 Å². The SMILES string of the molecule is CC[C@@H](C(=O)NC)N(Cc1ccc(Cl)c(Cl)c1)C(=O)CSCc1ccc(OC)cc1. The van der Waals surface area contributed by atoms with E-state index in [4.69, 9.17) is 27.9 Å². The smallest absolute Gasteiger partial charge is 0.242 e. The number of hydrogen-bond acceptors (Lipinski definition) is 4. The molecule has 2 aromatic carbocycles. The van der Waals surface area contributed by atoms with Gasteiger partial charge in [-0.25, -0.2) is 0 Å². The van der Waals surface area contributed by atoms with E-state index < -0.39 is 6.04 Å². The Morgan fingerprint density at radius 2 is 1.77 bits per heavy atom. The van der Waals surface area contributed by atoms with E-state index >= 15 is 0 Å². The van der Waals surface area contributed by atoms with Crippen molar-refractivity contribution >= 4 is 46.8 Å². The molecule has 30 heavy (non-hydrogen) atoms. The van der Waals surface area contributed by atoms with Crippen LogP contribution in [0.2, 0.25) is 10.0 Å². The minimum Gasteiger partial charge on any atom is -0.497 e. The summed E-state index contributed by atoms with van der Waals surface area (Å²) >= 11 is 13.6. The van der Waals surface area contributed by atoms with Gasteiger partial charge in [0.25, 0.3) is 0 Å². The molecule has 0 spiro atoms. The normalized spacial score (nSPS) is 11.6. The highest BCUT2D eigenvalue weighted by molar-refractivity contribution is 7.99. The van der Waals surface area contributed by atoms with Gasteiger partial charge in [0, 0.05) is 19.3 Å². The fourth-order valence-electron chi connectivity index (χ4n) is 2.98. The summed E-state index contributed by atoms with van der Waals surface area (Å²) in [6, 6.07) is 12.4. The molecule has 0 saturated heterocycles. The average Bonchev–Trinajstić information content (AvgIpc) is 2.76. The molecule has 0 fully saturated rings. The van der Waals surface area contributed by atoms with Crippen LogP contribution in [-0.2, 0) is 21.9 Å². The van der Waals surface area contributed by atoms with Crippen molar-refractivity contribution in [2.24, 2.45) is 0 Å². The van der Waals surface area contributed by atoms with Crippen LogP contribution in [0.1, 0.15) is 24.5 Å². The molecule has 0 saturated carbocycles. The third-order valence-electron chi connectivity index (χ3n) is 4.62. The van der Waals surface area contributed by atoms with E-state index in [9.17, 15) is 9.59 Å². The number of nitrogens with zero attached hydrogens (tertiary/aromatic N) is 1. The van der Waals surface area contributed by atoms with Crippen molar-refractivity contribution in [1.29, 1.82) is 0 Å². The van der Waals surface area contributed by atoms with Gasteiger partial charge in [0.2, 0.25) is 11.8 Å². The minimum absolute atomic E-state index is 0.102. The van der Waals surface area contributed by atoms with E-state index in [1.807, 2.05) is 37.3 Å². The Balaban J connectivity index is 2.10. The Labute approximate surface area is 192 Å². The number of hydrogen-bond donors (Lipinski definition) is 1. The topological polar surface area (TPSA) is 58.6 Å². The van der Waals surface area contributed by atoms with Gasteiger partial charge >= 0.3 is 0 Å². The molecule has 2 amide bonds. The third-order valence-corrected chi connectivity index (χ3v) is 6.35. The first-order valence-corrected chi connectivity index (χ1v) is 11.5. The monoisotopic (exact) mass is 468 g/mol. The lowest BCUT2D eigenvalue weighted by atomic mass is 10.1. The van der Waals surface area contributed by atoms with Crippen molar-refractivity contribution in [1.82, 2.24) is 10.2 Å². The van der Waals surface area contributed by atoms with Gasteiger partial charge in [0.1, 0.15) is 11.8 Å². The highest BCUT2D eigenvalue weighted by Crippen LogP contribution is 2.24. The highest BCUT2D eigenvalue weighted by Gasteiger charge is 2.28. The summed E-state index contributed by atoms with van der Waals surface area (Å²) in [6.07, 6.45) is 0.510. The number of thioether (sulfide) groups is 1. The number of rotatable bonds is 10. The fraction of sp³-hybridized carbons (Fsp3) is 0.364. The first-order valence-electron chi connectivity index (χ1n) is 9.55. The number of methoxy groups -OCH3 is 1. The Hall–Kier alpha value is -1.89. The van der Waals surface area contributed by atoms with Gasteiger partial charge in [-0.2, -0.15) is 0 Å². The van der Waals surface area contributed by atoms with Gasteiger partial charge in [-0.1, -0.05) is 48.3 Å².